The van der Waals surface area contributed by atoms with Crippen LogP contribution in [0.1, 0.15) is 19.4 Å². The Morgan fingerprint density at radius 2 is 2.33 bits per heavy atom. The first-order valence-electron chi connectivity index (χ1n) is 5.59. The number of halogens is 1. The van der Waals surface area contributed by atoms with Crippen molar-refractivity contribution in [3.63, 3.8) is 0 Å². The number of aromatic nitrogens is 2. The molecule has 2 rings (SSSR count). The first-order chi connectivity index (χ1) is 8.37. The number of sulfonamides is 1. The number of hydrogen-bond donors (Lipinski definition) is 1. The summed E-state index contributed by atoms with van der Waals surface area (Å²) in [5, 5.41) is 6.45. The van der Waals surface area contributed by atoms with Gasteiger partial charge in [-0.2, -0.15) is 21.2 Å². The van der Waals surface area contributed by atoms with Crippen LogP contribution < -0.4 is 0 Å². The van der Waals surface area contributed by atoms with Crippen molar-refractivity contribution in [3.8, 4) is 0 Å². The lowest BCUT2D eigenvalue weighted by molar-refractivity contribution is 0.385. The topological polar surface area (TPSA) is 66.1 Å². The molecule has 5 nitrogen and oxygen atoms in total. The van der Waals surface area contributed by atoms with E-state index in [0.717, 1.165) is 5.75 Å². The maximum Gasteiger partial charge on any atom is 0.260 e. The van der Waals surface area contributed by atoms with E-state index >= 15 is 0 Å². The van der Waals surface area contributed by atoms with Gasteiger partial charge in [-0.25, -0.2) is 8.42 Å². The number of aromatic amines is 1. The van der Waals surface area contributed by atoms with E-state index in [-0.39, 0.29) is 15.7 Å². The Labute approximate surface area is 116 Å². The average Bonchev–Trinajstić information content (AvgIpc) is 2.76. The molecule has 0 amide bonds. The highest BCUT2D eigenvalue weighted by Gasteiger charge is 2.36. The Hall–Kier alpha value is -0.240. The first-order valence-corrected chi connectivity index (χ1v) is 8.55. The average molecular weight is 310 g/mol. The fraction of sp³-hybridized carbons (Fsp3) is 0.700. The van der Waals surface area contributed by atoms with Crippen molar-refractivity contribution in [1.82, 2.24) is 14.5 Å². The van der Waals surface area contributed by atoms with E-state index in [9.17, 15) is 8.42 Å². The minimum Gasteiger partial charge on any atom is -0.266 e. The van der Waals surface area contributed by atoms with Crippen LogP contribution in [-0.2, 0) is 15.9 Å². The van der Waals surface area contributed by atoms with Gasteiger partial charge in [0.2, 0.25) is 0 Å². The van der Waals surface area contributed by atoms with Gasteiger partial charge in [0.05, 0.1) is 12.1 Å². The number of nitrogens with one attached hydrogen (secondary N) is 1. The molecule has 0 radical (unpaired) electrons. The van der Waals surface area contributed by atoms with Crippen molar-refractivity contribution >= 4 is 33.4 Å². The number of hydrogen-bond acceptors (Lipinski definition) is 4. The smallest absolute Gasteiger partial charge is 0.260 e. The summed E-state index contributed by atoms with van der Waals surface area (Å²) in [5.74, 6) is 0.938. The highest BCUT2D eigenvalue weighted by molar-refractivity contribution is 8.00. The van der Waals surface area contributed by atoms with Crippen LogP contribution in [0.15, 0.2) is 11.2 Å². The van der Waals surface area contributed by atoms with Crippen molar-refractivity contribution in [2.75, 3.05) is 18.8 Å². The molecule has 8 heteroatoms. The molecule has 18 heavy (non-hydrogen) atoms. The van der Waals surface area contributed by atoms with Gasteiger partial charge in [-0.05, 0) is 13.8 Å². The molecule has 0 unspecified atom stereocenters. The van der Waals surface area contributed by atoms with Gasteiger partial charge in [-0.15, -0.1) is 11.6 Å². The summed E-state index contributed by atoms with van der Waals surface area (Å²) in [5.41, 5.74) is 0.521. The van der Waals surface area contributed by atoms with E-state index in [2.05, 4.69) is 24.0 Å². The fourth-order valence-corrected chi connectivity index (χ4v) is 5.22. The zero-order valence-corrected chi connectivity index (χ0v) is 12.7. The molecule has 0 spiro atoms. The van der Waals surface area contributed by atoms with Crippen LogP contribution >= 0.6 is 23.4 Å². The van der Waals surface area contributed by atoms with Crippen LogP contribution in [0.2, 0.25) is 0 Å². The third kappa shape index (κ3) is 2.68. The number of alkyl halides is 1. The maximum absolute atomic E-state index is 12.5. The molecular weight excluding hydrogens is 294 g/mol. The van der Waals surface area contributed by atoms with E-state index in [4.69, 9.17) is 11.6 Å². The second-order valence-corrected chi connectivity index (χ2v) is 8.75. The van der Waals surface area contributed by atoms with E-state index in [1.165, 1.54) is 10.5 Å². The van der Waals surface area contributed by atoms with Crippen LogP contribution in [0, 0.1) is 0 Å². The lowest BCUT2D eigenvalue weighted by atomic mass is 10.2. The normalized spacial score (nSPS) is 21.1. The van der Waals surface area contributed by atoms with Crippen molar-refractivity contribution in [2.24, 2.45) is 0 Å². The third-order valence-electron chi connectivity index (χ3n) is 2.81. The Morgan fingerprint density at radius 3 is 2.94 bits per heavy atom. The Morgan fingerprint density at radius 1 is 1.61 bits per heavy atom. The highest BCUT2D eigenvalue weighted by Crippen LogP contribution is 2.32. The maximum atomic E-state index is 12.5. The van der Waals surface area contributed by atoms with Crippen LogP contribution in [0.3, 0.4) is 0 Å². The molecule has 0 aliphatic carbocycles. The SMILES string of the molecule is CC1(C)CN(S(=O)(=O)c2[nH]ncc2CCl)CCS1. The van der Waals surface area contributed by atoms with Crippen molar-refractivity contribution in [2.45, 2.75) is 29.5 Å². The summed E-state index contributed by atoms with van der Waals surface area (Å²) in [6, 6.07) is 0. The first kappa shape index (κ1) is 14.2. The molecule has 0 saturated carbocycles. The second-order valence-electron chi connectivity index (χ2n) is 4.80. The van der Waals surface area contributed by atoms with Crippen LogP contribution in [0.4, 0.5) is 0 Å². The minimum absolute atomic E-state index is 0.0630. The number of H-pyrrole nitrogens is 1. The Bertz CT molecular complexity index is 527. The second kappa shape index (κ2) is 5.03. The van der Waals surface area contributed by atoms with Crippen molar-refractivity contribution in [3.05, 3.63) is 11.8 Å². The number of thioether (sulfide) groups is 1. The van der Waals surface area contributed by atoms with Gasteiger partial charge in [0, 0.05) is 29.2 Å². The van der Waals surface area contributed by atoms with Gasteiger partial charge in [-0.1, -0.05) is 0 Å². The van der Waals surface area contributed by atoms with E-state index in [1.807, 2.05) is 0 Å². The predicted octanol–water partition coefficient (Wildman–Crippen LogP) is 1.66. The molecular formula is C10H16ClN3O2S2. The summed E-state index contributed by atoms with van der Waals surface area (Å²) < 4.78 is 26.4. The monoisotopic (exact) mass is 309 g/mol. The number of nitrogens with zero attached hydrogens (tertiary/aromatic N) is 2. The van der Waals surface area contributed by atoms with Crippen LogP contribution in [0.5, 0.6) is 0 Å². The van der Waals surface area contributed by atoms with Crippen molar-refractivity contribution < 1.29 is 8.42 Å². The summed E-state index contributed by atoms with van der Waals surface area (Å²) >= 11 is 7.52. The van der Waals surface area contributed by atoms with E-state index < -0.39 is 10.0 Å². The zero-order chi connectivity index (χ0) is 13.4. The minimum atomic E-state index is -3.51. The molecule has 1 N–H and O–H groups in total. The molecule has 0 bridgehead atoms. The van der Waals surface area contributed by atoms with Gasteiger partial charge in [-0.3, -0.25) is 5.10 Å². The molecule has 1 fully saturated rings. The summed E-state index contributed by atoms with van der Waals surface area (Å²) in [6.45, 7) is 5.13. The van der Waals surface area contributed by atoms with Gasteiger partial charge < -0.3 is 0 Å². The Balaban J connectivity index is 2.32. The third-order valence-corrected chi connectivity index (χ3v) is 6.26. The zero-order valence-electron chi connectivity index (χ0n) is 10.3. The molecule has 1 aromatic rings. The highest BCUT2D eigenvalue weighted by atomic mass is 35.5. The van der Waals surface area contributed by atoms with Crippen LogP contribution in [0.25, 0.3) is 0 Å². The lowest BCUT2D eigenvalue weighted by Gasteiger charge is -2.36. The summed E-state index contributed by atoms with van der Waals surface area (Å²) in [6.07, 6.45) is 1.46. The van der Waals surface area contributed by atoms with Crippen molar-refractivity contribution in [1.29, 1.82) is 0 Å². The van der Waals surface area contributed by atoms with Gasteiger partial charge in [0.15, 0.2) is 5.03 Å². The standard InChI is InChI=1S/C10H16ClN3O2S2/c1-10(2)7-14(3-4-17-10)18(15,16)9-8(5-11)6-12-13-9/h6H,3-5,7H2,1-2H3,(H,12,13). The van der Waals surface area contributed by atoms with E-state index in [1.54, 1.807) is 11.8 Å². The molecule has 102 valence electrons. The van der Waals surface area contributed by atoms with Gasteiger partial charge >= 0.3 is 0 Å². The van der Waals surface area contributed by atoms with Gasteiger partial charge in [0.1, 0.15) is 0 Å². The molecule has 1 aliphatic heterocycles. The largest absolute Gasteiger partial charge is 0.266 e. The molecule has 1 aromatic heterocycles. The molecule has 1 aliphatic rings. The predicted molar refractivity (Wildman–Crippen MR) is 73.4 cm³/mol. The van der Waals surface area contributed by atoms with E-state index in [0.29, 0.717) is 18.7 Å². The summed E-state index contributed by atoms with van der Waals surface area (Å²) in [4.78, 5) is 0. The lowest BCUT2D eigenvalue weighted by Crippen LogP contribution is -2.46. The number of rotatable bonds is 3. The van der Waals surface area contributed by atoms with Crippen LogP contribution in [-0.4, -0.2) is 46.5 Å². The molecule has 1 saturated heterocycles. The fourth-order valence-electron chi connectivity index (χ4n) is 1.93. The Kier molecular flexibility index (Phi) is 3.96. The summed E-state index contributed by atoms with van der Waals surface area (Å²) in [7, 11) is -3.51. The molecule has 0 aromatic carbocycles. The molecule has 2 heterocycles. The molecule has 0 atom stereocenters. The quantitative estimate of drug-likeness (QED) is 0.863. The van der Waals surface area contributed by atoms with Gasteiger partial charge in [0.25, 0.3) is 10.0 Å².